The Morgan fingerprint density at radius 1 is 1.26 bits per heavy atom. The highest BCUT2D eigenvalue weighted by Crippen LogP contribution is 2.42. The van der Waals surface area contributed by atoms with Gasteiger partial charge in [0.15, 0.2) is 11.6 Å². The first-order chi connectivity index (χ1) is 16.9. The SMILES string of the molecule is C[C@@]12CCC[C@@H](N1)[C@@H](F)[C@@H](N(c1cnc(-c3ccc(-n4cnc(C#N)n4)cc3O)nn1)C1CC1)C2. The van der Waals surface area contributed by atoms with Crippen LogP contribution in [0.15, 0.2) is 30.7 Å². The summed E-state index contributed by atoms with van der Waals surface area (Å²) in [4.78, 5) is 10.5. The molecule has 3 fully saturated rings. The molecule has 35 heavy (non-hydrogen) atoms. The summed E-state index contributed by atoms with van der Waals surface area (Å²) in [5, 5.41) is 35.8. The van der Waals surface area contributed by atoms with Gasteiger partial charge in [0.1, 0.15) is 24.3 Å². The number of nitrogens with zero attached hydrogens (tertiary/aromatic N) is 8. The number of fused-ring (bicyclic) bond motifs is 2. The van der Waals surface area contributed by atoms with Crippen LogP contribution in [0.4, 0.5) is 10.2 Å². The van der Waals surface area contributed by atoms with E-state index in [0.29, 0.717) is 17.1 Å². The van der Waals surface area contributed by atoms with E-state index in [0.717, 1.165) is 38.5 Å². The molecule has 4 heterocycles. The van der Waals surface area contributed by atoms with Crippen molar-refractivity contribution >= 4 is 5.82 Å². The van der Waals surface area contributed by atoms with Gasteiger partial charge >= 0.3 is 0 Å². The lowest BCUT2D eigenvalue weighted by Crippen LogP contribution is -2.67. The predicted molar refractivity (Wildman–Crippen MR) is 125 cm³/mol. The third-order valence-electron chi connectivity index (χ3n) is 7.38. The molecular formula is C24H26FN9O. The second kappa shape index (κ2) is 8.23. The van der Waals surface area contributed by atoms with Crippen LogP contribution in [0.2, 0.25) is 0 Å². The Morgan fingerprint density at radius 3 is 2.80 bits per heavy atom. The normalized spacial score (nSPS) is 27.9. The molecule has 0 radical (unpaired) electrons. The summed E-state index contributed by atoms with van der Waals surface area (Å²) in [5.41, 5.74) is 0.901. The lowest BCUT2D eigenvalue weighted by Gasteiger charge is -2.52. The number of benzene rings is 1. The fourth-order valence-corrected chi connectivity index (χ4v) is 5.58. The summed E-state index contributed by atoms with van der Waals surface area (Å²) >= 11 is 0. The van der Waals surface area contributed by atoms with Gasteiger partial charge in [-0.15, -0.1) is 15.3 Å². The second-order valence-electron chi connectivity index (χ2n) is 10.0. The molecule has 2 saturated heterocycles. The van der Waals surface area contributed by atoms with Crippen LogP contribution in [0, 0.1) is 11.3 Å². The molecule has 2 bridgehead atoms. The summed E-state index contributed by atoms with van der Waals surface area (Å²) in [6, 6.07) is 6.64. The van der Waals surface area contributed by atoms with Crippen molar-refractivity contribution in [2.45, 2.75) is 75.3 Å². The molecule has 0 spiro atoms. The lowest BCUT2D eigenvalue weighted by molar-refractivity contribution is 0.0584. The van der Waals surface area contributed by atoms with E-state index in [1.807, 2.05) is 6.07 Å². The summed E-state index contributed by atoms with van der Waals surface area (Å²) in [6.07, 6.45) is 7.78. The van der Waals surface area contributed by atoms with E-state index < -0.39 is 6.17 Å². The van der Waals surface area contributed by atoms with Crippen molar-refractivity contribution in [3.63, 3.8) is 0 Å². The number of anilines is 1. The standard InChI is InChI=1S/C24H26FN9O/c1-24-8-2-3-17(29-24)22(25)18(10-24)34(14-4-5-14)21-12-27-23(31-30-21)16-7-6-15(9-19(16)35)33-13-28-20(11-26)32-33/h6-7,9,12-14,17-18,22,29,35H,2-5,8,10H2,1H3/t17-,18+,22-,24+/m1/s1. The summed E-state index contributed by atoms with van der Waals surface area (Å²) in [7, 11) is 0. The second-order valence-corrected chi connectivity index (χ2v) is 10.0. The molecule has 4 atom stereocenters. The van der Waals surface area contributed by atoms with E-state index in [9.17, 15) is 5.11 Å². The Balaban J connectivity index is 1.26. The van der Waals surface area contributed by atoms with E-state index in [4.69, 9.17) is 5.26 Å². The molecule has 0 unspecified atom stereocenters. The van der Waals surface area contributed by atoms with Crippen molar-refractivity contribution in [1.29, 1.82) is 5.26 Å². The maximum absolute atomic E-state index is 15.6. The zero-order valence-corrected chi connectivity index (χ0v) is 19.3. The summed E-state index contributed by atoms with van der Waals surface area (Å²) in [5.74, 6) is 0.845. The van der Waals surface area contributed by atoms with E-state index in [1.54, 1.807) is 18.3 Å². The van der Waals surface area contributed by atoms with Gasteiger partial charge in [0.05, 0.1) is 23.5 Å². The van der Waals surface area contributed by atoms with E-state index >= 15 is 4.39 Å². The number of piperidine rings is 2. The molecule has 3 aliphatic rings. The average Bonchev–Trinajstić information content (AvgIpc) is 3.57. The highest BCUT2D eigenvalue weighted by molar-refractivity contribution is 5.66. The van der Waals surface area contributed by atoms with Gasteiger partial charge in [0.2, 0.25) is 0 Å². The van der Waals surface area contributed by atoms with E-state index in [1.165, 1.54) is 17.1 Å². The van der Waals surface area contributed by atoms with Crippen LogP contribution in [-0.4, -0.2) is 64.9 Å². The van der Waals surface area contributed by atoms with Crippen LogP contribution in [0.5, 0.6) is 5.75 Å². The Morgan fingerprint density at radius 2 is 2.11 bits per heavy atom. The van der Waals surface area contributed by atoms with Gasteiger partial charge in [-0.2, -0.15) is 5.26 Å². The number of halogens is 1. The number of nitriles is 1. The molecule has 1 aromatic carbocycles. The van der Waals surface area contributed by atoms with Gasteiger partial charge < -0.3 is 15.3 Å². The van der Waals surface area contributed by atoms with Crippen molar-refractivity contribution in [1.82, 2.24) is 35.3 Å². The monoisotopic (exact) mass is 475 g/mol. The minimum atomic E-state index is -0.972. The number of hydrogen-bond donors (Lipinski definition) is 2. The third kappa shape index (κ3) is 3.97. The largest absolute Gasteiger partial charge is 0.507 e. The number of nitrogens with one attached hydrogen (secondary N) is 1. The predicted octanol–water partition coefficient (Wildman–Crippen LogP) is 2.68. The first-order valence-electron chi connectivity index (χ1n) is 12.0. The maximum atomic E-state index is 15.6. The zero-order valence-electron chi connectivity index (χ0n) is 19.3. The van der Waals surface area contributed by atoms with Gasteiger partial charge in [0, 0.05) is 23.7 Å². The molecule has 2 aromatic heterocycles. The summed E-state index contributed by atoms with van der Waals surface area (Å²) in [6.45, 7) is 2.20. The Hall–Kier alpha value is -3.65. The van der Waals surface area contributed by atoms with E-state index in [2.05, 4.69) is 42.4 Å². The van der Waals surface area contributed by atoms with Crippen molar-refractivity contribution in [2.24, 2.45) is 0 Å². The van der Waals surface area contributed by atoms with Crippen molar-refractivity contribution in [3.05, 3.63) is 36.5 Å². The molecule has 1 aliphatic carbocycles. The van der Waals surface area contributed by atoms with E-state index in [-0.39, 0.29) is 41.1 Å². The molecule has 6 rings (SSSR count). The molecule has 3 aromatic rings. The Kier molecular flexibility index (Phi) is 5.14. The van der Waals surface area contributed by atoms with Crippen molar-refractivity contribution in [3.8, 4) is 28.9 Å². The Labute approximate surface area is 201 Å². The number of aromatic nitrogens is 6. The topological polar surface area (TPSA) is 129 Å². The lowest BCUT2D eigenvalue weighted by atomic mass is 9.74. The number of alkyl halides is 1. The number of rotatable bonds is 5. The Bertz CT molecular complexity index is 1280. The molecule has 180 valence electrons. The van der Waals surface area contributed by atoms with Crippen molar-refractivity contribution in [2.75, 3.05) is 4.90 Å². The highest BCUT2D eigenvalue weighted by Gasteiger charge is 2.50. The fourth-order valence-electron chi connectivity index (χ4n) is 5.58. The van der Waals surface area contributed by atoms with Crippen LogP contribution in [-0.2, 0) is 0 Å². The van der Waals surface area contributed by atoms with Gasteiger partial charge in [-0.1, -0.05) is 0 Å². The highest BCUT2D eigenvalue weighted by atomic mass is 19.1. The minimum Gasteiger partial charge on any atom is -0.507 e. The molecule has 10 nitrogen and oxygen atoms in total. The molecule has 0 amide bonds. The van der Waals surface area contributed by atoms with Crippen LogP contribution in [0.3, 0.4) is 0 Å². The average molecular weight is 476 g/mol. The molecule has 2 aliphatic heterocycles. The van der Waals surface area contributed by atoms with Crippen LogP contribution in [0.25, 0.3) is 17.1 Å². The van der Waals surface area contributed by atoms with Crippen LogP contribution < -0.4 is 10.2 Å². The smallest absolute Gasteiger partial charge is 0.252 e. The maximum Gasteiger partial charge on any atom is 0.252 e. The molecule has 1 saturated carbocycles. The van der Waals surface area contributed by atoms with Gasteiger partial charge in [-0.3, -0.25) is 0 Å². The molecule has 2 N–H and O–H groups in total. The first kappa shape index (κ1) is 21.9. The number of phenolic OH excluding ortho intramolecular Hbond substituents is 1. The quantitative estimate of drug-likeness (QED) is 0.572. The van der Waals surface area contributed by atoms with Gasteiger partial charge in [0.25, 0.3) is 5.82 Å². The van der Waals surface area contributed by atoms with Gasteiger partial charge in [-0.05, 0) is 57.6 Å². The van der Waals surface area contributed by atoms with Crippen LogP contribution >= 0.6 is 0 Å². The first-order valence-corrected chi connectivity index (χ1v) is 12.0. The minimum absolute atomic E-state index is 0.0405. The summed E-state index contributed by atoms with van der Waals surface area (Å²) < 4.78 is 17.0. The number of hydrogen-bond acceptors (Lipinski definition) is 9. The zero-order chi connectivity index (χ0) is 24.2. The fraction of sp³-hybridized carbons (Fsp3) is 0.500. The number of aromatic hydroxyl groups is 1. The van der Waals surface area contributed by atoms with Crippen molar-refractivity contribution < 1.29 is 9.50 Å². The molecule has 11 heteroatoms. The third-order valence-corrected chi connectivity index (χ3v) is 7.38. The molecular weight excluding hydrogens is 449 g/mol. The number of phenols is 1. The van der Waals surface area contributed by atoms with Gasteiger partial charge in [-0.25, -0.2) is 19.0 Å². The van der Waals surface area contributed by atoms with Crippen LogP contribution in [0.1, 0.15) is 51.3 Å².